The Hall–Kier alpha value is -0.540. The van der Waals surface area contributed by atoms with E-state index in [2.05, 4.69) is 29.4 Å². The number of nitrogens with one attached hydrogen (secondary N) is 1. The Morgan fingerprint density at radius 3 is 2.92 bits per heavy atom. The van der Waals surface area contributed by atoms with Crippen LogP contribution in [0.2, 0.25) is 0 Å². The van der Waals surface area contributed by atoms with Crippen molar-refractivity contribution in [2.45, 2.75) is 24.5 Å². The molecule has 0 saturated carbocycles. The van der Waals surface area contributed by atoms with Crippen LogP contribution in [0.3, 0.4) is 0 Å². The molecule has 0 amide bonds. The normalized spacial score (nSPS) is 27.8. The number of hydrogen-bond acceptors (Lipinski definition) is 3. The Morgan fingerprint density at radius 2 is 2.38 bits per heavy atom. The quantitative estimate of drug-likeness (QED) is 0.741. The zero-order valence-electron chi connectivity index (χ0n) is 7.95. The van der Waals surface area contributed by atoms with Crippen molar-refractivity contribution in [3.8, 4) is 0 Å². The van der Waals surface area contributed by atoms with Crippen LogP contribution in [-0.4, -0.2) is 16.8 Å². The van der Waals surface area contributed by atoms with Crippen molar-refractivity contribution in [3.63, 3.8) is 0 Å². The van der Waals surface area contributed by atoms with Crippen LogP contribution in [0.1, 0.15) is 23.6 Å². The maximum atomic E-state index is 4.30. The first-order valence-corrected chi connectivity index (χ1v) is 5.51. The molecule has 2 nitrogen and oxygen atoms in total. The minimum absolute atomic E-state index is 0.447. The number of rotatable bonds is 1. The summed E-state index contributed by atoms with van der Waals surface area (Å²) in [6.07, 6.45) is 1.97. The molecule has 2 unspecified atom stereocenters. The van der Waals surface area contributed by atoms with Crippen LogP contribution in [0.4, 0.5) is 0 Å². The summed E-state index contributed by atoms with van der Waals surface area (Å²) in [5, 5.41) is 4.63. The van der Waals surface area contributed by atoms with Gasteiger partial charge >= 0.3 is 0 Å². The lowest BCUT2D eigenvalue weighted by atomic mass is 10.2. The first-order chi connectivity index (χ1) is 6.25. The molecule has 2 heterocycles. The summed E-state index contributed by atoms with van der Waals surface area (Å²) in [5.41, 5.74) is 2.37. The molecule has 2 rings (SSSR count). The van der Waals surface area contributed by atoms with Gasteiger partial charge in [0.2, 0.25) is 0 Å². The molecule has 1 fully saturated rings. The number of thioether (sulfide) groups is 1. The van der Waals surface area contributed by atoms with Gasteiger partial charge in [-0.3, -0.25) is 4.98 Å². The van der Waals surface area contributed by atoms with Gasteiger partial charge in [0.25, 0.3) is 0 Å². The minimum atomic E-state index is 0.447. The third-order valence-electron chi connectivity index (χ3n) is 2.20. The van der Waals surface area contributed by atoms with Gasteiger partial charge in [-0.15, -0.1) is 11.8 Å². The van der Waals surface area contributed by atoms with E-state index in [-0.39, 0.29) is 0 Å². The summed E-state index contributed by atoms with van der Waals surface area (Å²) in [6, 6.07) is 4.23. The van der Waals surface area contributed by atoms with Crippen molar-refractivity contribution in [2.75, 3.05) is 6.54 Å². The maximum absolute atomic E-state index is 4.30. The van der Waals surface area contributed by atoms with Gasteiger partial charge in [0.1, 0.15) is 0 Å². The highest BCUT2D eigenvalue weighted by atomic mass is 32.2. The van der Waals surface area contributed by atoms with Gasteiger partial charge in [0.15, 0.2) is 0 Å². The van der Waals surface area contributed by atoms with Crippen molar-refractivity contribution in [1.29, 1.82) is 0 Å². The zero-order chi connectivity index (χ0) is 9.26. The molecule has 0 aliphatic carbocycles. The van der Waals surface area contributed by atoms with Crippen LogP contribution in [0, 0.1) is 6.92 Å². The van der Waals surface area contributed by atoms with E-state index in [1.807, 2.05) is 24.9 Å². The Bertz CT molecular complexity index is 283. The molecule has 1 saturated heterocycles. The second kappa shape index (κ2) is 3.68. The molecular formula is C10H14N2S. The molecule has 0 radical (unpaired) electrons. The predicted molar refractivity (Wildman–Crippen MR) is 56.8 cm³/mol. The number of aromatic nitrogens is 1. The SMILES string of the molecule is Cc1ccc(C2NCC(C)S2)cn1. The van der Waals surface area contributed by atoms with Crippen LogP contribution >= 0.6 is 11.8 Å². The van der Waals surface area contributed by atoms with Crippen molar-refractivity contribution in [2.24, 2.45) is 0 Å². The van der Waals surface area contributed by atoms with E-state index < -0.39 is 0 Å². The predicted octanol–water partition coefficient (Wildman–Crippen LogP) is 2.11. The average Bonchev–Trinajstić information content (AvgIpc) is 2.53. The fraction of sp³-hybridized carbons (Fsp3) is 0.500. The third-order valence-corrected chi connectivity index (χ3v) is 3.54. The molecule has 3 heteroatoms. The fourth-order valence-electron chi connectivity index (χ4n) is 1.43. The summed E-state index contributed by atoms with van der Waals surface area (Å²) in [4.78, 5) is 4.30. The number of pyridine rings is 1. The number of nitrogens with zero attached hydrogens (tertiary/aromatic N) is 1. The molecule has 0 aromatic carbocycles. The van der Waals surface area contributed by atoms with Gasteiger partial charge in [-0.1, -0.05) is 13.0 Å². The molecule has 1 aromatic rings. The highest BCUT2D eigenvalue weighted by molar-refractivity contribution is 8.00. The molecule has 1 aromatic heterocycles. The molecule has 70 valence electrons. The van der Waals surface area contributed by atoms with Gasteiger partial charge in [-0.25, -0.2) is 0 Å². The van der Waals surface area contributed by atoms with Crippen LogP contribution in [0.25, 0.3) is 0 Å². The lowest BCUT2D eigenvalue weighted by molar-refractivity contribution is 0.715. The molecule has 0 spiro atoms. The van der Waals surface area contributed by atoms with E-state index in [0.29, 0.717) is 10.6 Å². The summed E-state index contributed by atoms with van der Waals surface area (Å²) in [7, 11) is 0. The molecule has 1 aliphatic rings. The summed E-state index contributed by atoms with van der Waals surface area (Å²) in [5.74, 6) is 0. The topological polar surface area (TPSA) is 24.9 Å². The number of aryl methyl sites for hydroxylation is 1. The van der Waals surface area contributed by atoms with Crippen molar-refractivity contribution in [3.05, 3.63) is 29.6 Å². The van der Waals surface area contributed by atoms with Gasteiger partial charge in [0, 0.05) is 23.7 Å². The molecular weight excluding hydrogens is 180 g/mol. The molecule has 2 atom stereocenters. The largest absolute Gasteiger partial charge is 0.300 e. The summed E-state index contributed by atoms with van der Waals surface area (Å²) >= 11 is 1.97. The van der Waals surface area contributed by atoms with Gasteiger partial charge in [-0.2, -0.15) is 0 Å². The van der Waals surface area contributed by atoms with E-state index in [4.69, 9.17) is 0 Å². The highest BCUT2D eigenvalue weighted by Crippen LogP contribution is 2.33. The van der Waals surface area contributed by atoms with E-state index in [1.165, 1.54) is 5.56 Å². The Labute approximate surface area is 83.1 Å². The second-order valence-electron chi connectivity index (χ2n) is 3.47. The van der Waals surface area contributed by atoms with Crippen LogP contribution < -0.4 is 5.32 Å². The van der Waals surface area contributed by atoms with E-state index >= 15 is 0 Å². The van der Waals surface area contributed by atoms with Crippen molar-refractivity contribution >= 4 is 11.8 Å². The Balaban J connectivity index is 2.13. The standard InChI is InChI=1S/C10H14N2S/c1-7-3-4-9(6-11-7)10-12-5-8(2)13-10/h3-4,6,8,10,12H,5H2,1-2H3. The number of hydrogen-bond donors (Lipinski definition) is 1. The molecule has 1 aliphatic heterocycles. The second-order valence-corrected chi connectivity index (χ2v) is 5.02. The van der Waals surface area contributed by atoms with Crippen molar-refractivity contribution in [1.82, 2.24) is 10.3 Å². The average molecular weight is 194 g/mol. The molecule has 1 N–H and O–H groups in total. The Morgan fingerprint density at radius 1 is 1.54 bits per heavy atom. The summed E-state index contributed by atoms with van der Waals surface area (Å²) < 4.78 is 0. The molecule has 13 heavy (non-hydrogen) atoms. The van der Waals surface area contributed by atoms with Gasteiger partial charge in [-0.05, 0) is 18.6 Å². The zero-order valence-corrected chi connectivity index (χ0v) is 8.77. The van der Waals surface area contributed by atoms with Gasteiger partial charge < -0.3 is 5.32 Å². The lowest BCUT2D eigenvalue weighted by Gasteiger charge is -2.09. The van der Waals surface area contributed by atoms with E-state index in [1.54, 1.807) is 0 Å². The summed E-state index contributed by atoms with van der Waals surface area (Å²) in [6.45, 7) is 5.37. The first kappa shape index (κ1) is 9.03. The Kier molecular flexibility index (Phi) is 2.56. The van der Waals surface area contributed by atoms with Crippen LogP contribution in [0.5, 0.6) is 0 Å². The highest BCUT2D eigenvalue weighted by Gasteiger charge is 2.22. The first-order valence-electron chi connectivity index (χ1n) is 4.57. The van der Waals surface area contributed by atoms with E-state index in [0.717, 1.165) is 12.2 Å². The minimum Gasteiger partial charge on any atom is -0.300 e. The van der Waals surface area contributed by atoms with Gasteiger partial charge in [0.05, 0.1) is 5.37 Å². The maximum Gasteiger partial charge on any atom is 0.0807 e. The molecule has 0 bridgehead atoms. The lowest BCUT2D eigenvalue weighted by Crippen LogP contribution is -2.13. The van der Waals surface area contributed by atoms with Crippen LogP contribution in [-0.2, 0) is 0 Å². The van der Waals surface area contributed by atoms with Crippen molar-refractivity contribution < 1.29 is 0 Å². The third kappa shape index (κ3) is 2.03. The monoisotopic (exact) mass is 194 g/mol. The van der Waals surface area contributed by atoms with E-state index in [9.17, 15) is 0 Å². The van der Waals surface area contributed by atoms with Crippen LogP contribution in [0.15, 0.2) is 18.3 Å². The smallest absolute Gasteiger partial charge is 0.0807 e. The fourth-order valence-corrected chi connectivity index (χ4v) is 2.58.